The first-order chi connectivity index (χ1) is 32.5. The van der Waals surface area contributed by atoms with Crippen molar-refractivity contribution in [3.05, 3.63) is 117 Å². The molecule has 0 bridgehead atoms. The molecule has 368 valence electrons. The average molecular weight is 1020 g/mol. The molecule has 3 aromatic carbocycles. The zero-order valence-corrected chi connectivity index (χ0v) is 40.2. The number of nitro benzene ring substituents is 1. The highest BCUT2D eigenvalue weighted by Crippen LogP contribution is 2.46. The van der Waals surface area contributed by atoms with Crippen LogP contribution >= 0.6 is 11.6 Å². The maximum absolute atomic E-state index is 14.1. The number of para-hydroxylation sites is 1. The van der Waals surface area contributed by atoms with Gasteiger partial charge in [0.25, 0.3) is 15.9 Å². The molecule has 17 nitrogen and oxygen atoms in total. The number of carbonyl (C=O) groups is 1. The zero-order chi connectivity index (χ0) is 49.5. The number of sulfonamides is 2. The van der Waals surface area contributed by atoms with Gasteiger partial charge >= 0.3 is 11.9 Å². The van der Waals surface area contributed by atoms with Crippen molar-refractivity contribution in [2.75, 3.05) is 75.4 Å². The lowest BCUT2D eigenvalue weighted by atomic mass is 9.72. The average Bonchev–Trinajstić information content (AvgIpc) is 3.76. The van der Waals surface area contributed by atoms with Gasteiger partial charge in [-0.2, -0.15) is 17.5 Å². The number of nitrogens with one attached hydrogen (secondary N) is 3. The number of benzene rings is 3. The number of halogens is 4. The number of aromatic nitrogens is 2. The first-order valence-corrected chi connectivity index (χ1v) is 25.7. The minimum absolute atomic E-state index is 0.0205. The van der Waals surface area contributed by atoms with Gasteiger partial charge in [-0.1, -0.05) is 43.2 Å². The summed E-state index contributed by atoms with van der Waals surface area (Å²) in [6, 6.07) is 15.2. The van der Waals surface area contributed by atoms with Gasteiger partial charge in [-0.15, -0.1) is 0 Å². The van der Waals surface area contributed by atoms with Gasteiger partial charge in [0.1, 0.15) is 22.8 Å². The lowest BCUT2D eigenvalue weighted by Gasteiger charge is -2.39. The van der Waals surface area contributed by atoms with E-state index in [1.807, 2.05) is 4.72 Å². The molecule has 0 saturated carbocycles. The maximum atomic E-state index is 14.1. The van der Waals surface area contributed by atoms with Crippen molar-refractivity contribution in [3.63, 3.8) is 0 Å². The lowest BCUT2D eigenvalue weighted by Crippen LogP contribution is -2.47. The molecule has 1 amide bonds. The summed E-state index contributed by atoms with van der Waals surface area (Å²) >= 11 is 6.53. The van der Waals surface area contributed by atoms with E-state index in [-0.39, 0.29) is 59.4 Å². The Kier molecular flexibility index (Phi) is 14.1. The molecule has 2 fully saturated rings. The van der Waals surface area contributed by atoms with Crippen LogP contribution in [-0.4, -0.2) is 118 Å². The Hall–Kier alpha value is -5.78. The van der Waals surface area contributed by atoms with E-state index < -0.39 is 59.3 Å². The third-order valence-electron chi connectivity index (χ3n) is 12.6. The number of ether oxygens (including phenoxy) is 2. The van der Waals surface area contributed by atoms with E-state index in [1.165, 1.54) is 34.8 Å². The zero-order valence-electron chi connectivity index (χ0n) is 37.8. The van der Waals surface area contributed by atoms with Gasteiger partial charge < -0.3 is 24.7 Å². The van der Waals surface area contributed by atoms with E-state index in [9.17, 15) is 44.9 Å². The van der Waals surface area contributed by atoms with E-state index in [4.69, 9.17) is 21.1 Å². The van der Waals surface area contributed by atoms with Gasteiger partial charge in [0.2, 0.25) is 10.0 Å². The Bertz CT molecular complexity index is 3050. The summed E-state index contributed by atoms with van der Waals surface area (Å²) in [6.45, 7) is 7.33. The fourth-order valence-corrected chi connectivity index (χ4v) is 11.2. The molecule has 0 radical (unpaired) electrons. The van der Waals surface area contributed by atoms with Crippen molar-refractivity contribution in [1.82, 2.24) is 23.9 Å². The normalized spacial score (nSPS) is 18.6. The molecule has 3 aliphatic rings. The van der Waals surface area contributed by atoms with Crippen LogP contribution in [0.25, 0.3) is 16.6 Å². The van der Waals surface area contributed by atoms with Gasteiger partial charge in [0.15, 0.2) is 4.90 Å². The molecule has 4 heterocycles. The molecule has 23 heteroatoms. The number of alkyl halides is 3. The molecule has 5 aromatic rings. The monoisotopic (exact) mass is 1010 g/mol. The van der Waals surface area contributed by atoms with Gasteiger partial charge in [-0.3, -0.25) is 19.8 Å². The van der Waals surface area contributed by atoms with E-state index in [0.29, 0.717) is 61.4 Å². The van der Waals surface area contributed by atoms with Gasteiger partial charge in [-0.05, 0) is 84.3 Å². The van der Waals surface area contributed by atoms with Crippen LogP contribution in [0.4, 0.5) is 30.2 Å². The van der Waals surface area contributed by atoms with Crippen molar-refractivity contribution in [1.29, 1.82) is 0 Å². The Morgan fingerprint density at radius 2 is 1.81 bits per heavy atom. The molecule has 0 unspecified atom stereocenters. The molecule has 2 aromatic heterocycles. The number of H-pyrrole nitrogens is 1. The highest BCUT2D eigenvalue weighted by atomic mass is 35.5. The summed E-state index contributed by atoms with van der Waals surface area (Å²) in [5.74, 6) is -0.910. The van der Waals surface area contributed by atoms with E-state index in [2.05, 4.69) is 38.9 Å². The number of hydrogen-bond acceptors (Lipinski definition) is 13. The maximum Gasteiger partial charge on any atom is 0.416 e. The molecule has 0 spiro atoms. The number of morpholine rings is 1. The molecular weight excluding hydrogens is 965 g/mol. The van der Waals surface area contributed by atoms with Crippen LogP contribution in [0.2, 0.25) is 5.02 Å². The van der Waals surface area contributed by atoms with Crippen LogP contribution in [-0.2, 0) is 31.0 Å². The summed E-state index contributed by atoms with van der Waals surface area (Å²) in [5, 5.41) is 16.1. The third-order valence-corrected chi connectivity index (χ3v) is 15.5. The van der Waals surface area contributed by atoms with Crippen molar-refractivity contribution >= 4 is 71.2 Å². The fraction of sp³-hybridized carbons (Fsp3) is 0.391. The number of aromatic amines is 1. The second kappa shape index (κ2) is 19.5. The summed E-state index contributed by atoms with van der Waals surface area (Å²) < 4.78 is 108. The predicted octanol–water partition coefficient (Wildman–Crippen LogP) is 7.91. The van der Waals surface area contributed by atoms with Crippen LogP contribution in [0.15, 0.2) is 89.6 Å². The molecule has 2 saturated heterocycles. The molecule has 2 aliphatic heterocycles. The minimum Gasteiger partial charge on any atom is -0.455 e. The predicted molar refractivity (Wildman–Crippen MR) is 255 cm³/mol. The number of rotatable bonds is 14. The van der Waals surface area contributed by atoms with Gasteiger partial charge in [0, 0.05) is 80.7 Å². The van der Waals surface area contributed by atoms with Crippen LogP contribution < -0.4 is 19.7 Å². The van der Waals surface area contributed by atoms with Crippen LogP contribution in [0.3, 0.4) is 0 Å². The Morgan fingerprint density at radius 3 is 2.52 bits per heavy atom. The highest BCUT2D eigenvalue weighted by Gasteiger charge is 2.36. The number of hydrogen-bond donors (Lipinski definition) is 3. The summed E-state index contributed by atoms with van der Waals surface area (Å²) in [7, 11) is -8.45. The summed E-state index contributed by atoms with van der Waals surface area (Å²) in [4.78, 5) is 36.6. The number of allylic oxidation sites excluding steroid dienone is 1. The van der Waals surface area contributed by atoms with E-state index in [0.717, 1.165) is 48.4 Å². The Balaban J connectivity index is 1.02. The number of nitrogens with zero attached hydrogens (tertiary/aromatic N) is 5. The number of carbonyl (C=O) groups excluding carboxylic acids is 1. The summed E-state index contributed by atoms with van der Waals surface area (Å²) in [6.07, 6.45) is 1.32. The van der Waals surface area contributed by atoms with Crippen molar-refractivity contribution < 1.29 is 49.2 Å². The third kappa shape index (κ3) is 11.5. The lowest BCUT2D eigenvalue weighted by molar-refractivity contribution is -0.386. The number of amides is 1. The second-order valence-electron chi connectivity index (χ2n) is 18.1. The first-order valence-electron chi connectivity index (χ1n) is 22.0. The number of pyridine rings is 1. The molecule has 69 heavy (non-hydrogen) atoms. The van der Waals surface area contributed by atoms with Crippen molar-refractivity contribution in [2.24, 2.45) is 5.41 Å². The van der Waals surface area contributed by atoms with Crippen LogP contribution in [0, 0.1) is 15.5 Å². The molecular formula is C46H50ClF3N8O9S2. The standard InChI is InChI=1S/C46H50ClF3N8O9S2/c1-45(2)13-11-30(37(24-45)35-9-7-31(22-38(35)47)46(48,49)50)27-55-15-17-56(18-16-55)32-8-10-36(40(23-32)67-33-21-29-12-14-51-43(29)53-25-33)44(59)54-69(64,65)41-6-4-5-39(42(41)58(60)61)52-26-34-28-57(19-20-66-34)68(3,62)63/h4-10,12,14,21-23,25,34,52H,11,13,15-20,24,26-28H2,1-3H3,(H,51,53)(H,54,59)/t34-/m0/s1. The van der Waals surface area contributed by atoms with Crippen LogP contribution in [0.1, 0.15) is 54.6 Å². The summed E-state index contributed by atoms with van der Waals surface area (Å²) in [5.41, 5.74) is 1.85. The highest BCUT2D eigenvalue weighted by molar-refractivity contribution is 7.90. The molecule has 1 aliphatic carbocycles. The molecule has 3 N–H and O–H groups in total. The number of nitro groups is 1. The van der Waals surface area contributed by atoms with Crippen molar-refractivity contribution in [3.8, 4) is 11.5 Å². The number of piperazine rings is 1. The van der Waals surface area contributed by atoms with Gasteiger partial charge in [-0.25, -0.2) is 26.5 Å². The number of anilines is 2. The Labute approximate surface area is 401 Å². The fourth-order valence-electron chi connectivity index (χ4n) is 8.89. The topological polar surface area (TPSA) is 209 Å². The number of fused-ring (bicyclic) bond motifs is 1. The second-order valence-corrected chi connectivity index (χ2v) is 22.1. The van der Waals surface area contributed by atoms with E-state index in [1.54, 1.807) is 30.5 Å². The van der Waals surface area contributed by atoms with E-state index >= 15 is 0 Å². The van der Waals surface area contributed by atoms with Crippen molar-refractivity contribution in [2.45, 2.75) is 50.3 Å². The smallest absolute Gasteiger partial charge is 0.416 e. The molecule has 8 rings (SSSR count). The SMILES string of the molecule is CC1(C)CCC(CN2CCN(c3ccc(C(=O)NS(=O)(=O)c4cccc(NC[C@H]5CN(S(C)(=O)=O)CCO5)c4[N+](=O)[O-])c(Oc4cnc5[nH]ccc5c4)c3)CC2)=C(c2ccc(C(F)(F)F)cc2Cl)C1. The first kappa shape index (κ1) is 49.6. The quantitative estimate of drug-likeness (QED) is 0.0715. The Morgan fingerprint density at radius 1 is 1.04 bits per heavy atom. The minimum atomic E-state index is -4.92. The largest absolute Gasteiger partial charge is 0.455 e. The van der Waals surface area contributed by atoms with Gasteiger partial charge in [0.05, 0.1) is 41.2 Å². The molecule has 1 atom stereocenters. The van der Waals surface area contributed by atoms with Crippen LogP contribution in [0.5, 0.6) is 11.5 Å².